The normalized spacial score (nSPS) is 12.8. The van der Waals surface area contributed by atoms with Crippen LogP contribution in [0.1, 0.15) is 5.56 Å². The fraction of sp³-hybridized carbons (Fsp3) is 0.400. The summed E-state index contributed by atoms with van der Waals surface area (Å²) in [6.45, 7) is -0.246. The monoisotopic (exact) mass is 250 g/mol. The van der Waals surface area contributed by atoms with Gasteiger partial charge in [0.2, 0.25) is 0 Å². The Balaban J connectivity index is 2.44. The molecule has 84 valence electrons. The van der Waals surface area contributed by atoms with Crippen LogP contribution in [0.5, 0.6) is 0 Å². The van der Waals surface area contributed by atoms with Crippen LogP contribution < -0.4 is 0 Å². The Kier molecular flexibility index (Phi) is 5.39. The number of halogens is 2. The Morgan fingerprint density at radius 3 is 2.80 bits per heavy atom. The molecule has 1 unspecified atom stereocenters. The summed E-state index contributed by atoms with van der Waals surface area (Å²) in [5.41, 5.74) is 0.827. The molecule has 1 aromatic carbocycles. The third kappa shape index (κ3) is 4.38. The Bertz CT molecular complexity index is 322. The van der Waals surface area contributed by atoms with Crippen molar-refractivity contribution in [1.82, 2.24) is 0 Å². The number of hydrogen-bond donors (Lipinski definition) is 2. The Morgan fingerprint density at radius 1 is 1.47 bits per heavy atom. The average Bonchev–Trinajstić information content (AvgIpc) is 2.21. The molecule has 15 heavy (non-hydrogen) atoms. The van der Waals surface area contributed by atoms with E-state index >= 15 is 0 Å². The Hall–Kier alpha value is -0.290. The zero-order chi connectivity index (χ0) is 11.3. The SMILES string of the molecule is OCC(O)CSCc1ccc(F)cc1Cl. The van der Waals surface area contributed by atoms with Crippen molar-refractivity contribution < 1.29 is 14.6 Å². The molecule has 0 aromatic heterocycles. The molecule has 2 nitrogen and oxygen atoms in total. The lowest BCUT2D eigenvalue weighted by Gasteiger charge is -2.07. The molecule has 0 aliphatic carbocycles. The van der Waals surface area contributed by atoms with Crippen molar-refractivity contribution >= 4 is 23.4 Å². The minimum atomic E-state index is -0.714. The lowest BCUT2D eigenvalue weighted by atomic mass is 10.2. The summed E-state index contributed by atoms with van der Waals surface area (Å²) in [4.78, 5) is 0. The molecule has 0 saturated heterocycles. The molecule has 1 rings (SSSR count). The Morgan fingerprint density at radius 2 is 2.20 bits per heavy atom. The van der Waals surface area contributed by atoms with Crippen molar-refractivity contribution in [3.8, 4) is 0 Å². The first-order valence-electron chi connectivity index (χ1n) is 4.44. The van der Waals surface area contributed by atoms with Crippen LogP contribution in [0.25, 0.3) is 0 Å². The van der Waals surface area contributed by atoms with Gasteiger partial charge in [0.1, 0.15) is 5.82 Å². The maximum Gasteiger partial charge on any atom is 0.124 e. The minimum Gasteiger partial charge on any atom is -0.394 e. The van der Waals surface area contributed by atoms with Gasteiger partial charge in [-0.2, -0.15) is 11.8 Å². The highest BCUT2D eigenvalue weighted by Crippen LogP contribution is 2.22. The molecule has 0 saturated carbocycles. The van der Waals surface area contributed by atoms with Crippen molar-refractivity contribution in [1.29, 1.82) is 0 Å². The van der Waals surface area contributed by atoms with E-state index < -0.39 is 6.10 Å². The van der Waals surface area contributed by atoms with Crippen molar-refractivity contribution in [3.05, 3.63) is 34.6 Å². The predicted molar refractivity (Wildman–Crippen MR) is 60.7 cm³/mol. The fourth-order valence-corrected chi connectivity index (χ4v) is 2.28. The average molecular weight is 251 g/mol. The predicted octanol–water partition coefficient (Wildman–Crippen LogP) is 2.07. The van der Waals surface area contributed by atoms with Crippen molar-refractivity contribution in [2.24, 2.45) is 0 Å². The zero-order valence-electron chi connectivity index (χ0n) is 7.99. The summed E-state index contributed by atoms with van der Waals surface area (Å²) < 4.78 is 12.7. The van der Waals surface area contributed by atoms with Crippen molar-refractivity contribution in [2.75, 3.05) is 12.4 Å². The molecule has 0 spiro atoms. The molecule has 0 bridgehead atoms. The third-order valence-electron chi connectivity index (χ3n) is 1.79. The second-order valence-corrected chi connectivity index (χ2v) is 4.52. The van der Waals surface area contributed by atoms with Gasteiger partial charge in [-0.3, -0.25) is 0 Å². The maximum absolute atomic E-state index is 12.7. The van der Waals surface area contributed by atoms with Gasteiger partial charge in [-0.25, -0.2) is 4.39 Å². The molecule has 0 radical (unpaired) electrons. The van der Waals surface area contributed by atoms with E-state index in [0.29, 0.717) is 16.5 Å². The van der Waals surface area contributed by atoms with Crippen LogP contribution >= 0.6 is 23.4 Å². The van der Waals surface area contributed by atoms with E-state index in [4.69, 9.17) is 21.8 Å². The van der Waals surface area contributed by atoms with Crippen molar-refractivity contribution in [2.45, 2.75) is 11.9 Å². The molecule has 0 heterocycles. The number of benzene rings is 1. The molecule has 0 amide bonds. The number of rotatable bonds is 5. The largest absolute Gasteiger partial charge is 0.394 e. The first kappa shape index (κ1) is 12.8. The highest BCUT2D eigenvalue weighted by Gasteiger charge is 2.05. The van der Waals surface area contributed by atoms with Gasteiger partial charge in [-0.05, 0) is 17.7 Å². The second kappa shape index (κ2) is 6.33. The maximum atomic E-state index is 12.7. The lowest BCUT2D eigenvalue weighted by molar-refractivity contribution is 0.113. The molecule has 1 atom stereocenters. The molecule has 0 fully saturated rings. The van der Waals surface area contributed by atoms with E-state index in [0.717, 1.165) is 5.56 Å². The minimum absolute atomic E-state index is 0.246. The van der Waals surface area contributed by atoms with E-state index in [1.54, 1.807) is 6.07 Å². The van der Waals surface area contributed by atoms with E-state index in [-0.39, 0.29) is 12.4 Å². The smallest absolute Gasteiger partial charge is 0.124 e. The molecule has 5 heteroatoms. The summed E-state index contributed by atoms with van der Waals surface area (Å²) >= 11 is 7.26. The van der Waals surface area contributed by atoms with Gasteiger partial charge < -0.3 is 10.2 Å². The van der Waals surface area contributed by atoms with Crippen LogP contribution in [0.3, 0.4) is 0 Å². The molecule has 1 aromatic rings. The van der Waals surface area contributed by atoms with E-state index in [2.05, 4.69) is 0 Å². The van der Waals surface area contributed by atoms with Crippen LogP contribution in [0.4, 0.5) is 4.39 Å². The van der Waals surface area contributed by atoms with Gasteiger partial charge in [0, 0.05) is 16.5 Å². The van der Waals surface area contributed by atoms with Gasteiger partial charge in [0.25, 0.3) is 0 Å². The molecular formula is C10H12ClFO2S. The first-order chi connectivity index (χ1) is 7.13. The van der Waals surface area contributed by atoms with Crippen LogP contribution in [0.2, 0.25) is 5.02 Å². The zero-order valence-corrected chi connectivity index (χ0v) is 9.56. The summed E-state index contributed by atoms with van der Waals surface area (Å²) in [5, 5.41) is 18.1. The number of hydrogen-bond acceptors (Lipinski definition) is 3. The topological polar surface area (TPSA) is 40.5 Å². The van der Waals surface area contributed by atoms with Crippen LogP contribution in [0.15, 0.2) is 18.2 Å². The van der Waals surface area contributed by atoms with Gasteiger partial charge in [-0.1, -0.05) is 17.7 Å². The first-order valence-corrected chi connectivity index (χ1v) is 5.97. The summed E-state index contributed by atoms with van der Waals surface area (Å²) in [5.74, 6) is 0.671. The van der Waals surface area contributed by atoms with E-state index in [1.807, 2.05) is 0 Å². The van der Waals surface area contributed by atoms with Crippen molar-refractivity contribution in [3.63, 3.8) is 0 Å². The highest BCUT2D eigenvalue weighted by atomic mass is 35.5. The fourth-order valence-electron chi connectivity index (χ4n) is 0.996. The quantitative estimate of drug-likeness (QED) is 0.841. The number of thioether (sulfide) groups is 1. The number of aliphatic hydroxyl groups is 2. The van der Waals surface area contributed by atoms with E-state index in [9.17, 15) is 4.39 Å². The van der Waals surface area contributed by atoms with Crippen LogP contribution in [-0.4, -0.2) is 28.7 Å². The third-order valence-corrected chi connectivity index (χ3v) is 3.28. The summed E-state index contributed by atoms with van der Waals surface area (Å²) in [7, 11) is 0. The second-order valence-electron chi connectivity index (χ2n) is 3.09. The molecule has 2 N–H and O–H groups in total. The van der Waals surface area contributed by atoms with Gasteiger partial charge in [0.15, 0.2) is 0 Å². The van der Waals surface area contributed by atoms with Crippen LogP contribution in [-0.2, 0) is 5.75 Å². The standard InChI is InChI=1S/C10H12ClFO2S/c11-10-3-8(12)2-1-7(10)5-15-6-9(14)4-13/h1-3,9,13-14H,4-6H2. The van der Waals surface area contributed by atoms with Gasteiger partial charge in [-0.15, -0.1) is 0 Å². The highest BCUT2D eigenvalue weighted by molar-refractivity contribution is 7.98. The van der Waals surface area contributed by atoms with E-state index in [1.165, 1.54) is 23.9 Å². The molecule has 0 aliphatic rings. The lowest BCUT2D eigenvalue weighted by Crippen LogP contribution is -2.14. The number of aliphatic hydroxyl groups excluding tert-OH is 2. The van der Waals surface area contributed by atoms with Gasteiger partial charge in [0.05, 0.1) is 12.7 Å². The summed E-state index contributed by atoms with van der Waals surface area (Å²) in [6.07, 6.45) is -0.714. The van der Waals surface area contributed by atoms with Crippen LogP contribution in [0, 0.1) is 5.82 Å². The summed E-state index contributed by atoms with van der Waals surface area (Å²) in [6, 6.07) is 4.24. The molecule has 0 aliphatic heterocycles. The Labute approximate surface area is 97.1 Å². The van der Waals surface area contributed by atoms with Gasteiger partial charge >= 0.3 is 0 Å². The molecular weight excluding hydrogens is 239 g/mol.